The van der Waals surface area contributed by atoms with Crippen molar-refractivity contribution in [3.8, 4) is 5.88 Å². The lowest BCUT2D eigenvalue weighted by Gasteiger charge is -2.24. The highest BCUT2D eigenvalue weighted by Crippen LogP contribution is 2.26. The van der Waals surface area contributed by atoms with E-state index in [0.717, 1.165) is 43.4 Å². The summed E-state index contributed by atoms with van der Waals surface area (Å²) in [6, 6.07) is 7.96. The number of ketones is 1. The molecule has 7 nitrogen and oxygen atoms in total. The van der Waals surface area contributed by atoms with E-state index in [1.165, 1.54) is 12.1 Å². The molecule has 0 aliphatic carbocycles. The third kappa shape index (κ3) is 6.74. The summed E-state index contributed by atoms with van der Waals surface area (Å²) in [4.78, 5) is 17.3. The second-order valence-corrected chi connectivity index (χ2v) is 10.0. The predicted molar refractivity (Wildman–Crippen MR) is 122 cm³/mol. The SMILES string of the molecule is Cc1ccc(CCC(=O)C(C)c2ccc(NS(C)(=O)=O)c(F)c2)c(OC2CCNCC2)n1. The summed E-state index contributed by atoms with van der Waals surface area (Å²) >= 11 is 0. The number of aryl methyl sites for hydroxylation is 2. The van der Waals surface area contributed by atoms with Crippen LogP contribution in [-0.2, 0) is 21.2 Å². The molecule has 2 N–H and O–H groups in total. The number of aromatic nitrogens is 1. The minimum Gasteiger partial charge on any atom is -0.474 e. The predicted octanol–water partition coefficient (Wildman–Crippen LogP) is 3.34. The Bertz CT molecular complexity index is 1070. The van der Waals surface area contributed by atoms with E-state index in [0.29, 0.717) is 17.9 Å². The van der Waals surface area contributed by atoms with Gasteiger partial charge in [-0.15, -0.1) is 0 Å². The monoisotopic (exact) mass is 463 g/mol. The first-order chi connectivity index (χ1) is 15.1. The van der Waals surface area contributed by atoms with Gasteiger partial charge in [-0.1, -0.05) is 19.1 Å². The zero-order valence-corrected chi connectivity index (χ0v) is 19.5. The number of sulfonamides is 1. The quantitative estimate of drug-likeness (QED) is 0.592. The Hall–Kier alpha value is -2.52. The van der Waals surface area contributed by atoms with Crippen LogP contribution < -0.4 is 14.8 Å². The molecular weight excluding hydrogens is 433 g/mol. The number of benzene rings is 1. The third-order valence-electron chi connectivity index (χ3n) is 5.55. The van der Waals surface area contributed by atoms with Crippen LogP contribution >= 0.6 is 0 Å². The summed E-state index contributed by atoms with van der Waals surface area (Å²) in [5, 5.41) is 3.31. The lowest BCUT2D eigenvalue weighted by Crippen LogP contribution is -2.34. The fourth-order valence-corrected chi connectivity index (χ4v) is 4.23. The molecule has 1 aliphatic rings. The van der Waals surface area contributed by atoms with Crippen molar-refractivity contribution in [3.05, 3.63) is 53.0 Å². The molecule has 1 unspecified atom stereocenters. The van der Waals surface area contributed by atoms with Crippen LogP contribution in [0.5, 0.6) is 5.88 Å². The van der Waals surface area contributed by atoms with Crippen molar-refractivity contribution in [3.63, 3.8) is 0 Å². The number of Topliss-reactive ketones (excluding diaryl/α,β-unsaturated/α-hetero) is 1. The minimum absolute atomic E-state index is 0.0402. The Labute approximate surface area is 188 Å². The van der Waals surface area contributed by atoms with Gasteiger partial charge in [-0.2, -0.15) is 0 Å². The van der Waals surface area contributed by atoms with Gasteiger partial charge < -0.3 is 10.1 Å². The van der Waals surface area contributed by atoms with Crippen LogP contribution in [0.2, 0.25) is 0 Å². The highest BCUT2D eigenvalue weighted by Gasteiger charge is 2.20. The van der Waals surface area contributed by atoms with Crippen LogP contribution in [0.3, 0.4) is 0 Å². The first-order valence-electron chi connectivity index (χ1n) is 10.8. The molecule has 1 saturated heterocycles. The first-order valence-corrected chi connectivity index (χ1v) is 12.7. The highest BCUT2D eigenvalue weighted by atomic mass is 32.2. The van der Waals surface area contributed by atoms with E-state index in [1.54, 1.807) is 13.0 Å². The third-order valence-corrected chi connectivity index (χ3v) is 6.15. The molecule has 0 saturated carbocycles. The van der Waals surface area contributed by atoms with Crippen molar-refractivity contribution in [2.24, 2.45) is 0 Å². The molecule has 2 aromatic rings. The van der Waals surface area contributed by atoms with Crippen LogP contribution in [0.15, 0.2) is 30.3 Å². The van der Waals surface area contributed by atoms with Crippen molar-refractivity contribution in [2.45, 2.75) is 51.6 Å². The van der Waals surface area contributed by atoms with E-state index < -0.39 is 21.8 Å². The van der Waals surface area contributed by atoms with Crippen molar-refractivity contribution >= 4 is 21.5 Å². The molecule has 9 heteroatoms. The van der Waals surface area contributed by atoms with Crippen LogP contribution in [0.1, 0.15) is 48.9 Å². The van der Waals surface area contributed by atoms with Crippen molar-refractivity contribution < 1.29 is 22.3 Å². The minimum atomic E-state index is -3.58. The summed E-state index contributed by atoms with van der Waals surface area (Å²) in [6.07, 6.45) is 3.64. The topological polar surface area (TPSA) is 97.4 Å². The summed E-state index contributed by atoms with van der Waals surface area (Å²) in [7, 11) is -3.58. The number of nitrogens with one attached hydrogen (secondary N) is 2. The largest absolute Gasteiger partial charge is 0.474 e. The maximum atomic E-state index is 14.3. The molecule has 1 atom stereocenters. The number of hydrogen-bond donors (Lipinski definition) is 2. The normalized spacial score (nSPS) is 15.9. The number of anilines is 1. The van der Waals surface area contributed by atoms with E-state index >= 15 is 0 Å². The molecule has 0 amide bonds. The summed E-state index contributed by atoms with van der Waals surface area (Å²) < 4.78 is 45.2. The van der Waals surface area contributed by atoms with Gasteiger partial charge in [-0.3, -0.25) is 9.52 Å². The lowest BCUT2D eigenvalue weighted by atomic mass is 9.93. The number of ether oxygens (including phenoxy) is 1. The Kier molecular flexibility index (Phi) is 7.84. The first kappa shape index (κ1) is 24.1. The fraction of sp³-hybridized carbons (Fsp3) is 0.478. The molecule has 1 fully saturated rings. The van der Waals surface area contributed by atoms with Crippen LogP contribution in [-0.4, -0.2) is 44.6 Å². The Morgan fingerprint density at radius 3 is 2.66 bits per heavy atom. The molecule has 1 aliphatic heterocycles. The molecule has 0 spiro atoms. The average Bonchev–Trinajstić information content (AvgIpc) is 2.73. The molecular formula is C23H30FN3O4S. The van der Waals surface area contributed by atoms with E-state index in [9.17, 15) is 17.6 Å². The molecule has 2 heterocycles. The molecule has 0 radical (unpaired) electrons. The molecule has 3 rings (SSSR count). The Balaban J connectivity index is 1.65. The number of rotatable bonds is 9. The molecule has 174 valence electrons. The fourth-order valence-electron chi connectivity index (χ4n) is 3.67. The number of carbonyl (C=O) groups excluding carboxylic acids is 1. The van der Waals surface area contributed by atoms with E-state index in [-0.39, 0.29) is 24.0 Å². The molecule has 1 aromatic carbocycles. The number of pyridine rings is 1. The van der Waals surface area contributed by atoms with Gasteiger partial charge in [0, 0.05) is 23.6 Å². The average molecular weight is 464 g/mol. The van der Waals surface area contributed by atoms with Crippen molar-refractivity contribution in [2.75, 3.05) is 24.1 Å². The number of halogens is 1. The van der Waals surface area contributed by atoms with E-state index in [4.69, 9.17) is 4.74 Å². The molecule has 32 heavy (non-hydrogen) atoms. The smallest absolute Gasteiger partial charge is 0.229 e. The second-order valence-electron chi connectivity index (χ2n) is 8.29. The van der Waals surface area contributed by atoms with Gasteiger partial charge in [0.05, 0.1) is 11.9 Å². The van der Waals surface area contributed by atoms with Gasteiger partial charge >= 0.3 is 0 Å². The standard InChI is InChI=1S/C23H30FN3O4S/c1-15-4-5-17(23(26-15)31-19-10-12-25-13-11-19)7-9-22(28)16(2)18-6-8-21(20(24)14-18)27-32(3,29)30/h4-6,8,14,16,19,25,27H,7,9-13H2,1-3H3. The van der Waals surface area contributed by atoms with Crippen molar-refractivity contribution in [1.82, 2.24) is 10.3 Å². The zero-order valence-electron chi connectivity index (χ0n) is 18.7. The number of carbonyl (C=O) groups is 1. The number of hydrogen-bond acceptors (Lipinski definition) is 6. The maximum absolute atomic E-state index is 14.3. The van der Waals surface area contributed by atoms with Gasteiger partial charge in [0.2, 0.25) is 15.9 Å². The Morgan fingerprint density at radius 2 is 2.00 bits per heavy atom. The Morgan fingerprint density at radius 1 is 1.28 bits per heavy atom. The van der Waals surface area contributed by atoms with Gasteiger partial charge in [-0.05, 0) is 63.0 Å². The van der Waals surface area contributed by atoms with Gasteiger partial charge in [0.1, 0.15) is 17.7 Å². The summed E-state index contributed by atoms with van der Waals surface area (Å²) in [5.74, 6) is -0.696. The zero-order chi connectivity index (χ0) is 23.3. The number of nitrogens with zero attached hydrogens (tertiary/aromatic N) is 1. The van der Waals surface area contributed by atoms with Crippen LogP contribution in [0.4, 0.5) is 10.1 Å². The van der Waals surface area contributed by atoms with Gasteiger partial charge in [0.15, 0.2) is 0 Å². The van der Waals surface area contributed by atoms with Crippen LogP contribution in [0, 0.1) is 12.7 Å². The second kappa shape index (κ2) is 10.4. The van der Waals surface area contributed by atoms with Gasteiger partial charge in [-0.25, -0.2) is 17.8 Å². The maximum Gasteiger partial charge on any atom is 0.229 e. The van der Waals surface area contributed by atoms with Crippen molar-refractivity contribution in [1.29, 1.82) is 0 Å². The summed E-state index contributed by atoms with van der Waals surface area (Å²) in [6.45, 7) is 5.46. The number of piperidine rings is 1. The molecule has 1 aromatic heterocycles. The molecule has 0 bridgehead atoms. The van der Waals surface area contributed by atoms with Gasteiger partial charge in [0.25, 0.3) is 0 Å². The lowest BCUT2D eigenvalue weighted by molar-refractivity contribution is -0.120. The van der Waals surface area contributed by atoms with E-state index in [2.05, 4.69) is 15.0 Å². The summed E-state index contributed by atoms with van der Waals surface area (Å²) in [5.41, 5.74) is 2.10. The highest BCUT2D eigenvalue weighted by molar-refractivity contribution is 7.92. The van der Waals surface area contributed by atoms with E-state index in [1.807, 2.05) is 19.1 Å². The van der Waals surface area contributed by atoms with Crippen LogP contribution in [0.25, 0.3) is 0 Å².